The van der Waals surface area contributed by atoms with Crippen LogP contribution in [0, 0.1) is 6.92 Å². The summed E-state index contributed by atoms with van der Waals surface area (Å²) in [5.74, 6) is -1.28. The fourth-order valence-electron chi connectivity index (χ4n) is 3.82. The first-order valence-corrected chi connectivity index (χ1v) is 11.0. The Kier molecular flexibility index (Phi) is 6.09. The predicted molar refractivity (Wildman–Crippen MR) is 128 cm³/mol. The molecule has 0 bridgehead atoms. The second kappa shape index (κ2) is 8.81. The van der Waals surface area contributed by atoms with E-state index in [0.29, 0.717) is 27.6 Å². The molecule has 0 radical (unpaired) electrons. The molecule has 1 N–H and O–H groups in total. The van der Waals surface area contributed by atoms with E-state index < -0.39 is 17.7 Å². The molecular formula is C25H19BrClNO4. The summed E-state index contributed by atoms with van der Waals surface area (Å²) < 4.78 is 6.04. The van der Waals surface area contributed by atoms with E-state index in [-0.39, 0.29) is 11.3 Å². The maximum atomic E-state index is 13.2. The van der Waals surface area contributed by atoms with Gasteiger partial charge >= 0.3 is 0 Å². The molecule has 1 amide bonds. The first-order valence-electron chi connectivity index (χ1n) is 9.79. The Bertz CT molecular complexity index is 1250. The molecule has 162 valence electrons. The van der Waals surface area contributed by atoms with Crippen molar-refractivity contribution in [2.45, 2.75) is 13.0 Å². The minimum absolute atomic E-state index is 0.0230. The molecule has 0 spiro atoms. The van der Waals surface area contributed by atoms with E-state index >= 15 is 0 Å². The summed E-state index contributed by atoms with van der Waals surface area (Å²) in [6, 6.07) is 18.5. The van der Waals surface area contributed by atoms with Crippen molar-refractivity contribution in [3.05, 3.63) is 98.5 Å². The number of anilines is 1. The fourth-order valence-corrected chi connectivity index (χ4v) is 4.34. The number of nitrogens with zero attached hydrogens (tertiary/aromatic N) is 1. The molecule has 32 heavy (non-hydrogen) atoms. The first kappa shape index (κ1) is 22.1. The average Bonchev–Trinajstić information content (AvgIpc) is 3.04. The van der Waals surface area contributed by atoms with Crippen molar-refractivity contribution in [2.24, 2.45) is 0 Å². The second-order valence-corrected chi connectivity index (χ2v) is 8.73. The molecule has 1 aliphatic heterocycles. The largest absolute Gasteiger partial charge is 0.507 e. The van der Waals surface area contributed by atoms with Gasteiger partial charge in [-0.05, 0) is 42.8 Å². The number of ether oxygens (including phenoxy) is 1. The van der Waals surface area contributed by atoms with E-state index in [2.05, 4.69) is 15.9 Å². The van der Waals surface area contributed by atoms with Gasteiger partial charge in [0.2, 0.25) is 0 Å². The summed E-state index contributed by atoms with van der Waals surface area (Å²) in [7, 11) is 1.50. The molecule has 0 aliphatic carbocycles. The number of hydrogen-bond donors (Lipinski definition) is 1. The highest BCUT2D eigenvalue weighted by atomic mass is 79.9. The molecule has 1 unspecified atom stereocenters. The normalized spacial score (nSPS) is 17.6. The van der Waals surface area contributed by atoms with Crippen molar-refractivity contribution < 1.29 is 19.4 Å². The zero-order valence-corrected chi connectivity index (χ0v) is 19.6. The summed E-state index contributed by atoms with van der Waals surface area (Å²) in [6.45, 7) is 1.93. The number of rotatable bonds is 4. The lowest BCUT2D eigenvalue weighted by molar-refractivity contribution is -0.132. The maximum Gasteiger partial charge on any atom is 0.300 e. The number of aliphatic hydroxyl groups excluding tert-OH is 1. The van der Waals surface area contributed by atoms with Gasteiger partial charge in [-0.15, -0.1) is 0 Å². The number of methoxy groups -OCH3 is 1. The zero-order valence-electron chi connectivity index (χ0n) is 17.3. The third kappa shape index (κ3) is 3.92. The van der Waals surface area contributed by atoms with Crippen LogP contribution in [0.5, 0.6) is 5.75 Å². The number of halogens is 2. The van der Waals surface area contributed by atoms with Crippen LogP contribution in [0.15, 0.2) is 76.8 Å². The number of hydrogen-bond acceptors (Lipinski definition) is 4. The van der Waals surface area contributed by atoms with Gasteiger partial charge in [0.25, 0.3) is 11.7 Å². The predicted octanol–water partition coefficient (Wildman–Crippen LogP) is 6.05. The highest BCUT2D eigenvalue weighted by Crippen LogP contribution is 2.43. The molecule has 4 rings (SSSR count). The Morgan fingerprint density at radius 2 is 1.78 bits per heavy atom. The van der Waals surface area contributed by atoms with Crippen molar-refractivity contribution in [1.82, 2.24) is 0 Å². The molecule has 0 aromatic heterocycles. The first-order chi connectivity index (χ1) is 15.3. The SMILES string of the molecule is COc1ccc(N2C(=O)C(=O)/C(=C(/O)c3ccc(Br)cc3)C2c2cccc(C)c2)cc1Cl. The third-order valence-electron chi connectivity index (χ3n) is 5.33. The van der Waals surface area contributed by atoms with Crippen LogP contribution in [0.4, 0.5) is 5.69 Å². The van der Waals surface area contributed by atoms with E-state index in [1.165, 1.54) is 12.0 Å². The summed E-state index contributed by atoms with van der Waals surface area (Å²) in [5.41, 5.74) is 2.56. The molecule has 1 saturated heterocycles. The van der Waals surface area contributed by atoms with Crippen LogP contribution >= 0.6 is 27.5 Å². The van der Waals surface area contributed by atoms with Crippen LogP contribution in [0.1, 0.15) is 22.7 Å². The molecule has 0 saturated carbocycles. The topological polar surface area (TPSA) is 66.8 Å². The molecule has 1 fully saturated rings. The van der Waals surface area contributed by atoms with E-state index in [1.807, 2.05) is 31.2 Å². The van der Waals surface area contributed by atoms with Gasteiger partial charge < -0.3 is 9.84 Å². The number of aryl methyl sites for hydroxylation is 1. The Morgan fingerprint density at radius 1 is 1.06 bits per heavy atom. The smallest absolute Gasteiger partial charge is 0.300 e. The second-order valence-electron chi connectivity index (χ2n) is 7.41. The van der Waals surface area contributed by atoms with Crippen LogP contribution in [-0.2, 0) is 9.59 Å². The molecule has 7 heteroatoms. The van der Waals surface area contributed by atoms with E-state index in [4.69, 9.17) is 16.3 Å². The maximum absolute atomic E-state index is 13.2. The summed E-state index contributed by atoms with van der Waals surface area (Å²) >= 11 is 9.67. The van der Waals surface area contributed by atoms with Crippen molar-refractivity contribution in [2.75, 3.05) is 12.0 Å². The zero-order chi connectivity index (χ0) is 23.0. The van der Waals surface area contributed by atoms with Crippen LogP contribution in [-0.4, -0.2) is 23.9 Å². The van der Waals surface area contributed by atoms with Gasteiger partial charge in [-0.3, -0.25) is 14.5 Å². The van der Waals surface area contributed by atoms with E-state index in [9.17, 15) is 14.7 Å². The molecule has 3 aromatic carbocycles. The molecule has 1 aliphatic rings. The molecule has 3 aromatic rings. The van der Waals surface area contributed by atoms with Gasteiger partial charge in [0.15, 0.2) is 0 Å². The summed E-state index contributed by atoms with van der Waals surface area (Å²) in [6.07, 6.45) is 0. The van der Waals surface area contributed by atoms with Crippen LogP contribution < -0.4 is 9.64 Å². The monoisotopic (exact) mass is 511 g/mol. The van der Waals surface area contributed by atoms with E-state index in [0.717, 1.165) is 10.0 Å². The lowest BCUT2D eigenvalue weighted by Crippen LogP contribution is -2.29. The van der Waals surface area contributed by atoms with Crippen LogP contribution in [0.3, 0.4) is 0 Å². The highest BCUT2D eigenvalue weighted by Gasteiger charge is 2.47. The lowest BCUT2D eigenvalue weighted by atomic mass is 9.94. The summed E-state index contributed by atoms with van der Waals surface area (Å²) in [5, 5.41) is 11.4. The van der Waals surface area contributed by atoms with Crippen molar-refractivity contribution in [1.29, 1.82) is 0 Å². The minimum Gasteiger partial charge on any atom is -0.507 e. The highest BCUT2D eigenvalue weighted by molar-refractivity contribution is 9.10. The third-order valence-corrected chi connectivity index (χ3v) is 6.16. The van der Waals surface area contributed by atoms with Gasteiger partial charge in [-0.25, -0.2) is 0 Å². The number of amides is 1. The van der Waals surface area contributed by atoms with E-state index in [1.54, 1.807) is 42.5 Å². The van der Waals surface area contributed by atoms with Gasteiger partial charge in [0, 0.05) is 15.7 Å². The fraction of sp³-hybridized carbons (Fsp3) is 0.120. The molecular weight excluding hydrogens is 494 g/mol. The molecule has 1 heterocycles. The number of benzene rings is 3. The van der Waals surface area contributed by atoms with Crippen LogP contribution in [0.25, 0.3) is 5.76 Å². The number of aliphatic hydroxyl groups is 1. The molecule has 5 nitrogen and oxygen atoms in total. The van der Waals surface area contributed by atoms with Gasteiger partial charge in [0.1, 0.15) is 11.5 Å². The van der Waals surface area contributed by atoms with Crippen molar-refractivity contribution in [3.8, 4) is 5.75 Å². The van der Waals surface area contributed by atoms with Gasteiger partial charge in [0.05, 0.1) is 23.7 Å². The van der Waals surface area contributed by atoms with Crippen molar-refractivity contribution in [3.63, 3.8) is 0 Å². The van der Waals surface area contributed by atoms with Crippen LogP contribution in [0.2, 0.25) is 5.02 Å². The van der Waals surface area contributed by atoms with Gasteiger partial charge in [-0.2, -0.15) is 0 Å². The lowest BCUT2D eigenvalue weighted by Gasteiger charge is -2.26. The summed E-state index contributed by atoms with van der Waals surface area (Å²) in [4.78, 5) is 27.7. The Hall–Kier alpha value is -3.09. The minimum atomic E-state index is -0.817. The Labute approximate surface area is 199 Å². The van der Waals surface area contributed by atoms with Crippen molar-refractivity contribution >= 4 is 50.7 Å². The average molecular weight is 513 g/mol. The molecule has 1 atom stereocenters. The van der Waals surface area contributed by atoms with Gasteiger partial charge in [-0.1, -0.05) is 69.5 Å². The number of ketones is 1. The quantitative estimate of drug-likeness (QED) is 0.263. The Balaban J connectivity index is 1.95. The Morgan fingerprint density at radius 3 is 2.41 bits per heavy atom. The number of Topliss-reactive ketones (excluding diaryl/α,β-unsaturated/α-hetero) is 1. The standard InChI is InChI=1S/C25H19BrClNO4/c1-14-4-3-5-16(12-14)22-21(23(29)15-6-8-17(26)9-7-15)24(30)25(31)28(22)18-10-11-20(32-2)19(27)13-18/h3-13,22,29H,1-2H3/b23-21+. The number of carbonyl (C=O) groups excluding carboxylic acids is 2. The number of carbonyl (C=O) groups is 2.